The van der Waals surface area contributed by atoms with Crippen LogP contribution in [0.4, 0.5) is 5.82 Å². The standard InChI is InChI=1S/C12H18N4OS/c1-8-15-7-10(11(13)18)12(16-8)14-5-4-9-3-2-6-17-9/h7,9H,2-6H2,1H3,(H2,13,18)(H,14,15,16). The molecule has 0 aromatic carbocycles. The molecule has 3 N–H and O–H groups in total. The highest BCUT2D eigenvalue weighted by Gasteiger charge is 2.15. The van der Waals surface area contributed by atoms with Crippen molar-refractivity contribution in [1.82, 2.24) is 9.97 Å². The molecule has 0 radical (unpaired) electrons. The first-order valence-corrected chi connectivity index (χ1v) is 6.56. The fraction of sp³-hybridized carbons (Fsp3) is 0.583. The summed E-state index contributed by atoms with van der Waals surface area (Å²) in [6, 6.07) is 0. The maximum absolute atomic E-state index is 5.65. The first-order valence-electron chi connectivity index (χ1n) is 6.15. The molecule has 1 atom stereocenters. The third kappa shape index (κ3) is 3.36. The topological polar surface area (TPSA) is 73.1 Å². The molecule has 2 heterocycles. The van der Waals surface area contributed by atoms with Crippen molar-refractivity contribution in [3.05, 3.63) is 17.6 Å². The van der Waals surface area contributed by atoms with Crippen molar-refractivity contribution < 1.29 is 4.74 Å². The molecule has 0 aliphatic carbocycles. The van der Waals surface area contributed by atoms with Crippen LogP contribution in [0.2, 0.25) is 0 Å². The van der Waals surface area contributed by atoms with Crippen LogP contribution in [0, 0.1) is 6.92 Å². The van der Waals surface area contributed by atoms with Gasteiger partial charge in [0.1, 0.15) is 16.6 Å². The molecule has 98 valence electrons. The monoisotopic (exact) mass is 266 g/mol. The zero-order chi connectivity index (χ0) is 13.0. The van der Waals surface area contributed by atoms with Crippen LogP contribution in [-0.4, -0.2) is 34.2 Å². The summed E-state index contributed by atoms with van der Waals surface area (Å²) in [6.07, 6.45) is 5.31. The van der Waals surface area contributed by atoms with Crippen molar-refractivity contribution in [3.8, 4) is 0 Å². The van der Waals surface area contributed by atoms with Crippen LogP contribution in [0.1, 0.15) is 30.7 Å². The Kier molecular flexibility index (Phi) is 4.43. The van der Waals surface area contributed by atoms with E-state index >= 15 is 0 Å². The number of nitrogens with one attached hydrogen (secondary N) is 1. The molecular formula is C12H18N4OS. The summed E-state index contributed by atoms with van der Waals surface area (Å²) in [5.41, 5.74) is 6.34. The minimum atomic E-state index is 0.314. The summed E-state index contributed by atoms with van der Waals surface area (Å²) >= 11 is 4.98. The Labute approximate surface area is 112 Å². The van der Waals surface area contributed by atoms with E-state index in [1.807, 2.05) is 6.92 Å². The van der Waals surface area contributed by atoms with Crippen LogP contribution < -0.4 is 11.1 Å². The van der Waals surface area contributed by atoms with Crippen molar-refractivity contribution in [2.75, 3.05) is 18.5 Å². The van der Waals surface area contributed by atoms with Gasteiger partial charge in [0, 0.05) is 19.3 Å². The fourth-order valence-corrected chi connectivity index (χ4v) is 2.16. The summed E-state index contributed by atoms with van der Waals surface area (Å²) in [7, 11) is 0. The highest BCUT2D eigenvalue weighted by Crippen LogP contribution is 2.16. The lowest BCUT2D eigenvalue weighted by Gasteiger charge is -2.13. The van der Waals surface area contributed by atoms with E-state index in [1.165, 1.54) is 0 Å². The zero-order valence-corrected chi connectivity index (χ0v) is 11.3. The van der Waals surface area contributed by atoms with Crippen LogP contribution in [0.15, 0.2) is 6.20 Å². The van der Waals surface area contributed by atoms with E-state index in [0.717, 1.165) is 32.4 Å². The fourth-order valence-electron chi connectivity index (χ4n) is 2.01. The maximum Gasteiger partial charge on any atom is 0.139 e. The van der Waals surface area contributed by atoms with Crippen LogP contribution in [0.3, 0.4) is 0 Å². The lowest BCUT2D eigenvalue weighted by molar-refractivity contribution is 0.107. The van der Waals surface area contributed by atoms with Gasteiger partial charge in [-0.25, -0.2) is 9.97 Å². The number of anilines is 1. The molecule has 6 heteroatoms. The van der Waals surface area contributed by atoms with Gasteiger partial charge in [-0.15, -0.1) is 0 Å². The first-order chi connectivity index (χ1) is 8.66. The van der Waals surface area contributed by atoms with Crippen LogP contribution in [0.25, 0.3) is 0 Å². The molecule has 5 nitrogen and oxygen atoms in total. The molecule has 1 aromatic heterocycles. The van der Waals surface area contributed by atoms with E-state index in [1.54, 1.807) is 6.20 Å². The Morgan fingerprint density at radius 2 is 2.50 bits per heavy atom. The molecule has 0 bridgehead atoms. The van der Waals surface area contributed by atoms with Crippen molar-refractivity contribution in [3.63, 3.8) is 0 Å². The van der Waals surface area contributed by atoms with E-state index in [2.05, 4.69) is 15.3 Å². The smallest absolute Gasteiger partial charge is 0.139 e. The quantitative estimate of drug-likeness (QED) is 0.785. The largest absolute Gasteiger partial charge is 0.389 e. The van der Waals surface area contributed by atoms with E-state index in [4.69, 9.17) is 22.7 Å². The molecular weight excluding hydrogens is 248 g/mol. The first kappa shape index (κ1) is 13.2. The van der Waals surface area contributed by atoms with Gasteiger partial charge in [0.2, 0.25) is 0 Å². The van der Waals surface area contributed by atoms with E-state index in [-0.39, 0.29) is 0 Å². The number of nitrogens with two attached hydrogens (primary N) is 1. The predicted octanol–water partition coefficient (Wildman–Crippen LogP) is 1.40. The second-order valence-corrected chi connectivity index (χ2v) is 4.83. The molecule has 1 saturated heterocycles. The third-order valence-corrected chi connectivity index (χ3v) is 3.18. The number of aryl methyl sites for hydroxylation is 1. The summed E-state index contributed by atoms with van der Waals surface area (Å²) in [4.78, 5) is 8.75. The molecule has 18 heavy (non-hydrogen) atoms. The molecule has 1 aliphatic heterocycles. The highest BCUT2D eigenvalue weighted by molar-refractivity contribution is 7.80. The molecule has 0 amide bonds. The third-order valence-electron chi connectivity index (χ3n) is 2.96. The molecule has 1 aliphatic rings. The number of hydrogen-bond acceptors (Lipinski definition) is 5. The van der Waals surface area contributed by atoms with Gasteiger partial charge in [-0.05, 0) is 26.2 Å². The maximum atomic E-state index is 5.65. The van der Waals surface area contributed by atoms with Gasteiger partial charge in [-0.1, -0.05) is 12.2 Å². The van der Waals surface area contributed by atoms with Crippen molar-refractivity contribution >= 4 is 23.0 Å². The van der Waals surface area contributed by atoms with Crippen LogP contribution >= 0.6 is 12.2 Å². The van der Waals surface area contributed by atoms with Gasteiger partial charge in [-0.2, -0.15) is 0 Å². The number of rotatable bonds is 5. The van der Waals surface area contributed by atoms with E-state index < -0.39 is 0 Å². The zero-order valence-electron chi connectivity index (χ0n) is 10.5. The van der Waals surface area contributed by atoms with Crippen LogP contribution in [0.5, 0.6) is 0 Å². The normalized spacial score (nSPS) is 18.8. The number of thiocarbonyl (C=S) groups is 1. The molecule has 1 unspecified atom stereocenters. The van der Waals surface area contributed by atoms with Gasteiger partial charge in [-0.3, -0.25) is 0 Å². The summed E-state index contributed by atoms with van der Waals surface area (Å²) in [5, 5.41) is 3.26. The molecule has 1 aromatic rings. The number of hydrogen-bond donors (Lipinski definition) is 2. The minimum Gasteiger partial charge on any atom is -0.389 e. The van der Waals surface area contributed by atoms with Crippen molar-refractivity contribution in [2.45, 2.75) is 32.3 Å². The molecule has 0 spiro atoms. The Balaban J connectivity index is 1.94. The van der Waals surface area contributed by atoms with Crippen molar-refractivity contribution in [1.29, 1.82) is 0 Å². The highest BCUT2D eigenvalue weighted by atomic mass is 32.1. The summed E-state index contributed by atoms with van der Waals surface area (Å²) < 4.78 is 5.57. The minimum absolute atomic E-state index is 0.314. The van der Waals surface area contributed by atoms with Gasteiger partial charge in [0.05, 0.1) is 11.7 Å². The summed E-state index contributed by atoms with van der Waals surface area (Å²) in [6.45, 7) is 3.53. The SMILES string of the molecule is Cc1ncc(C(N)=S)c(NCCC2CCCO2)n1. The van der Waals surface area contributed by atoms with Crippen LogP contribution in [-0.2, 0) is 4.74 Å². The molecule has 1 fully saturated rings. The lowest BCUT2D eigenvalue weighted by Crippen LogP contribution is -2.18. The Morgan fingerprint density at radius 1 is 1.67 bits per heavy atom. The average Bonchev–Trinajstić information content (AvgIpc) is 2.82. The van der Waals surface area contributed by atoms with Crippen molar-refractivity contribution in [2.24, 2.45) is 5.73 Å². The number of nitrogens with zero attached hydrogens (tertiary/aromatic N) is 2. The van der Waals surface area contributed by atoms with E-state index in [0.29, 0.717) is 28.3 Å². The van der Waals surface area contributed by atoms with Gasteiger partial charge in [0.15, 0.2) is 0 Å². The molecule has 2 rings (SSSR count). The van der Waals surface area contributed by atoms with Gasteiger partial charge < -0.3 is 15.8 Å². The Hall–Kier alpha value is -1.27. The molecule has 0 saturated carbocycles. The van der Waals surface area contributed by atoms with E-state index in [9.17, 15) is 0 Å². The van der Waals surface area contributed by atoms with Gasteiger partial charge >= 0.3 is 0 Å². The number of ether oxygens (including phenoxy) is 1. The second-order valence-electron chi connectivity index (χ2n) is 4.39. The number of aromatic nitrogens is 2. The lowest BCUT2D eigenvalue weighted by atomic mass is 10.2. The Morgan fingerprint density at radius 3 is 3.17 bits per heavy atom. The summed E-state index contributed by atoms with van der Waals surface area (Å²) in [5.74, 6) is 1.42. The second kappa shape index (κ2) is 6.06. The average molecular weight is 266 g/mol. The van der Waals surface area contributed by atoms with Gasteiger partial charge in [0.25, 0.3) is 0 Å². The Bertz CT molecular complexity index is 432. The predicted molar refractivity (Wildman–Crippen MR) is 74.7 cm³/mol.